The topological polar surface area (TPSA) is 64.1 Å². The van der Waals surface area contributed by atoms with E-state index in [1.807, 2.05) is 18.7 Å². The maximum absolute atomic E-state index is 12.6. The third kappa shape index (κ3) is 4.39. The Balaban J connectivity index is 2.04. The lowest BCUT2D eigenvalue weighted by molar-refractivity contribution is -0.127. The molecule has 23 heavy (non-hydrogen) atoms. The van der Waals surface area contributed by atoms with Gasteiger partial charge in [0, 0.05) is 50.5 Å². The van der Waals surface area contributed by atoms with Crippen LogP contribution >= 0.6 is 0 Å². The predicted molar refractivity (Wildman–Crippen MR) is 89.2 cm³/mol. The molecule has 0 bridgehead atoms. The molecule has 1 saturated heterocycles. The lowest BCUT2D eigenvalue weighted by atomic mass is 10.0. The summed E-state index contributed by atoms with van der Waals surface area (Å²) in [6.07, 6.45) is 5.90. The lowest BCUT2D eigenvalue weighted by Gasteiger charge is -2.37. The van der Waals surface area contributed by atoms with Crippen molar-refractivity contribution in [3.05, 3.63) is 11.8 Å². The average Bonchev–Trinajstić information content (AvgIpc) is 2.82. The van der Waals surface area contributed by atoms with Gasteiger partial charge < -0.3 is 19.8 Å². The molecule has 1 N–H and O–H groups in total. The number of nitrogens with zero attached hydrogens (tertiary/aromatic N) is 3. The fraction of sp³-hybridized carbons (Fsp3) is 0.765. The predicted octanol–water partition coefficient (Wildman–Crippen LogP) is 2.37. The molecule has 0 radical (unpaired) electrons. The van der Waals surface area contributed by atoms with Gasteiger partial charge in [0.25, 0.3) is 5.91 Å². The number of likely N-dealkylation sites (N-methyl/N-ethyl adjacent to an activating group) is 1. The number of likely N-dealkylation sites (tertiary alicyclic amines) is 1. The molecule has 2 aliphatic rings. The van der Waals surface area contributed by atoms with Crippen LogP contribution in [0.3, 0.4) is 0 Å². The normalized spacial score (nSPS) is 20.0. The van der Waals surface area contributed by atoms with Crippen LogP contribution in [-0.2, 0) is 4.79 Å². The Morgan fingerprint density at radius 1 is 1.17 bits per heavy atom. The van der Waals surface area contributed by atoms with Gasteiger partial charge in [0.15, 0.2) is 0 Å². The van der Waals surface area contributed by atoms with E-state index in [0.717, 1.165) is 57.3 Å². The Bertz CT molecular complexity index is 452. The highest BCUT2D eigenvalue weighted by Crippen LogP contribution is 2.23. The number of rotatable bonds is 4. The summed E-state index contributed by atoms with van der Waals surface area (Å²) in [4.78, 5) is 29.3. The lowest BCUT2D eigenvalue weighted by Crippen LogP contribution is -2.45. The number of hydrogen-bond acceptors (Lipinski definition) is 3. The van der Waals surface area contributed by atoms with Crippen molar-refractivity contribution in [3.8, 4) is 0 Å². The minimum absolute atomic E-state index is 0.157. The number of carbonyl (C=O) groups excluding carboxylic acids is 1. The molecule has 0 aromatic heterocycles. The first-order chi connectivity index (χ1) is 11.1. The molecule has 6 nitrogen and oxygen atoms in total. The molecule has 1 fully saturated rings. The second-order valence-electron chi connectivity index (χ2n) is 6.33. The van der Waals surface area contributed by atoms with E-state index in [-0.39, 0.29) is 5.91 Å². The molecule has 2 rings (SSSR count). The molecule has 2 heterocycles. The molecular formula is C17H29N3O3. The highest BCUT2D eigenvalue weighted by atomic mass is 16.4. The average molecular weight is 323 g/mol. The van der Waals surface area contributed by atoms with Crippen LogP contribution in [0.1, 0.15) is 46.0 Å². The van der Waals surface area contributed by atoms with Crippen LogP contribution in [0.5, 0.6) is 0 Å². The summed E-state index contributed by atoms with van der Waals surface area (Å²) in [5.74, 6) is 0.157. The Morgan fingerprint density at radius 2 is 1.83 bits per heavy atom. The van der Waals surface area contributed by atoms with Crippen molar-refractivity contribution < 1.29 is 14.7 Å². The molecule has 0 spiro atoms. The minimum atomic E-state index is -0.827. The van der Waals surface area contributed by atoms with E-state index < -0.39 is 6.09 Å². The molecule has 130 valence electrons. The summed E-state index contributed by atoms with van der Waals surface area (Å²) >= 11 is 0. The summed E-state index contributed by atoms with van der Waals surface area (Å²) in [5, 5.41) is 9.06. The van der Waals surface area contributed by atoms with Gasteiger partial charge in [-0.2, -0.15) is 0 Å². The fourth-order valence-corrected chi connectivity index (χ4v) is 3.49. The van der Waals surface area contributed by atoms with E-state index in [9.17, 15) is 9.59 Å². The first-order valence-electron chi connectivity index (χ1n) is 8.80. The van der Waals surface area contributed by atoms with E-state index in [2.05, 4.69) is 11.1 Å². The number of amides is 2. The SMILES string of the molecule is CCN(CC)C(=O)C1=CN(C2CCN(C(=O)O)CC2)CCCC1. The molecule has 0 aliphatic carbocycles. The van der Waals surface area contributed by atoms with Gasteiger partial charge >= 0.3 is 6.09 Å². The van der Waals surface area contributed by atoms with Crippen LogP contribution in [0.15, 0.2) is 11.8 Å². The molecule has 0 saturated carbocycles. The highest BCUT2D eigenvalue weighted by molar-refractivity contribution is 5.93. The van der Waals surface area contributed by atoms with E-state index in [0.29, 0.717) is 19.1 Å². The van der Waals surface area contributed by atoms with E-state index in [1.54, 1.807) is 0 Å². The number of hydrogen-bond donors (Lipinski definition) is 1. The van der Waals surface area contributed by atoms with E-state index in [1.165, 1.54) is 4.90 Å². The summed E-state index contributed by atoms with van der Waals surface area (Å²) < 4.78 is 0. The molecule has 0 atom stereocenters. The van der Waals surface area contributed by atoms with Crippen LogP contribution in [-0.4, -0.2) is 70.6 Å². The fourth-order valence-electron chi connectivity index (χ4n) is 3.49. The highest BCUT2D eigenvalue weighted by Gasteiger charge is 2.27. The van der Waals surface area contributed by atoms with Gasteiger partial charge in [0.1, 0.15) is 0 Å². The zero-order valence-corrected chi connectivity index (χ0v) is 14.3. The summed E-state index contributed by atoms with van der Waals surface area (Å²) in [5.41, 5.74) is 0.909. The monoisotopic (exact) mass is 323 g/mol. The summed E-state index contributed by atoms with van der Waals surface area (Å²) in [7, 11) is 0. The van der Waals surface area contributed by atoms with Crippen molar-refractivity contribution in [2.75, 3.05) is 32.7 Å². The van der Waals surface area contributed by atoms with Crippen molar-refractivity contribution in [2.45, 2.75) is 52.0 Å². The van der Waals surface area contributed by atoms with Gasteiger partial charge in [-0.25, -0.2) is 4.79 Å². The second kappa shape index (κ2) is 8.22. The number of piperidine rings is 1. The number of carbonyl (C=O) groups is 2. The Labute approximate surface area is 138 Å². The quantitative estimate of drug-likeness (QED) is 0.862. The Morgan fingerprint density at radius 3 is 2.39 bits per heavy atom. The third-order valence-electron chi connectivity index (χ3n) is 4.96. The second-order valence-corrected chi connectivity index (χ2v) is 6.33. The molecule has 6 heteroatoms. The van der Waals surface area contributed by atoms with Gasteiger partial charge in [-0.05, 0) is 46.0 Å². The third-order valence-corrected chi connectivity index (χ3v) is 4.96. The standard InChI is InChI=1S/C17H29N3O3/c1-3-18(4-2)16(21)14-7-5-6-10-20(13-14)15-8-11-19(12-9-15)17(22)23/h13,15H,3-12H2,1-2H3,(H,22,23). The number of carboxylic acid groups (broad SMARTS) is 1. The first-order valence-corrected chi connectivity index (χ1v) is 8.80. The molecule has 2 aliphatic heterocycles. The Kier molecular flexibility index (Phi) is 6.30. The van der Waals surface area contributed by atoms with Crippen LogP contribution in [0.2, 0.25) is 0 Å². The van der Waals surface area contributed by atoms with Gasteiger partial charge in [0.2, 0.25) is 0 Å². The van der Waals surface area contributed by atoms with Crippen molar-refractivity contribution in [3.63, 3.8) is 0 Å². The van der Waals surface area contributed by atoms with Crippen LogP contribution in [0.25, 0.3) is 0 Å². The molecule has 0 aromatic rings. The van der Waals surface area contributed by atoms with Gasteiger partial charge in [0.05, 0.1) is 0 Å². The van der Waals surface area contributed by atoms with Gasteiger partial charge in [-0.15, -0.1) is 0 Å². The summed E-state index contributed by atoms with van der Waals surface area (Å²) in [6, 6.07) is 0.350. The van der Waals surface area contributed by atoms with Gasteiger partial charge in [-0.1, -0.05) is 0 Å². The van der Waals surface area contributed by atoms with Crippen molar-refractivity contribution in [1.29, 1.82) is 0 Å². The molecule has 2 amide bonds. The largest absolute Gasteiger partial charge is 0.465 e. The molecular weight excluding hydrogens is 294 g/mol. The molecule has 0 aromatic carbocycles. The zero-order valence-electron chi connectivity index (χ0n) is 14.3. The van der Waals surface area contributed by atoms with Crippen molar-refractivity contribution in [2.24, 2.45) is 0 Å². The maximum Gasteiger partial charge on any atom is 0.407 e. The summed E-state index contributed by atoms with van der Waals surface area (Å²) in [6.45, 7) is 7.64. The first kappa shape index (κ1) is 17.6. The van der Waals surface area contributed by atoms with Crippen LogP contribution < -0.4 is 0 Å². The molecule has 0 unspecified atom stereocenters. The van der Waals surface area contributed by atoms with E-state index >= 15 is 0 Å². The van der Waals surface area contributed by atoms with Gasteiger partial charge in [-0.3, -0.25) is 4.79 Å². The Hall–Kier alpha value is -1.72. The van der Waals surface area contributed by atoms with Crippen molar-refractivity contribution >= 4 is 12.0 Å². The maximum atomic E-state index is 12.6. The zero-order chi connectivity index (χ0) is 16.8. The minimum Gasteiger partial charge on any atom is -0.465 e. The van der Waals surface area contributed by atoms with Crippen molar-refractivity contribution in [1.82, 2.24) is 14.7 Å². The van der Waals surface area contributed by atoms with Crippen LogP contribution in [0, 0.1) is 0 Å². The van der Waals surface area contributed by atoms with Crippen LogP contribution in [0.4, 0.5) is 4.79 Å². The van der Waals surface area contributed by atoms with E-state index in [4.69, 9.17) is 5.11 Å². The smallest absolute Gasteiger partial charge is 0.407 e.